The Hall–Kier alpha value is -3.07. The van der Waals surface area contributed by atoms with E-state index in [0.717, 1.165) is 16.7 Å². The van der Waals surface area contributed by atoms with Crippen molar-refractivity contribution >= 4 is 5.91 Å². The highest BCUT2D eigenvalue weighted by Gasteiger charge is 2.48. The van der Waals surface area contributed by atoms with E-state index in [1.165, 1.54) is 6.92 Å². The minimum Gasteiger partial charge on any atom is -0.394 e. The number of amides is 1. The Labute approximate surface area is 212 Å². The van der Waals surface area contributed by atoms with E-state index in [9.17, 15) is 9.90 Å². The van der Waals surface area contributed by atoms with Crippen molar-refractivity contribution in [3.63, 3.8) is 0 Å². The number of aliphatic hydroxyl groups excluding tert-OH is 1. The molecular formula is C29H33NO6. The van der Waals surface area contributed by atoms with Crippen LogP contribution in [0.5, 0.6) is 0 Å². The Balaban J connectivity index is 1.58. The van der Waals surface area contributed by atoms with Gasteiger partial charge in [-0.25, -0.2) is 0 Å². The van der Waals surface area contributed by atoms with Gasteiger partial charge in [-0.2, -0.15) is 0 Å². The van der Waals surface area contributed by atoms with E-state index >= 15 is 0 Å². The van der Waals surface area contributed by atoms with Crippen molar-refractivity contribution in [2.75, 3.05) is 6.61 Å². The second-order valence-electron chi connectivity index (χ2n) is 8.77. The van der Waals surface area contributed by atoms with Crippen LogP contribution in [0, 0.1) is 0 Å². The maximum absolute atomic E-state index is 12.2. The van der Waals surface area contributed by atoms with Gasteiger partial charge in [0.2, 0.25) is 5.91 Å². The molecule has 1 amide bonds. The zero-order valence-corrected chi connectivity index (χ0v) is 20.4. The van der Waals surface area contributed by atoms with Crippen molar-refractivity contribution in [2.24, 2.45) is 0 Å². The summed E-state index contributed by atoms with van der Waals surface area (Å²) in [6.07, 6.45) is -2.83. The molecule has 7 heteroatoms. The number of hydrogen-bond donors (Lipinski definition) is 2. The van der Waals surface area contributed by atoms with Crippen LogP contribution >= 0.6 is 0 Å². The van der Waals surface area contributed by atoms with Crippen LogP contribution in [0.15, 0.2) is 91.0 Å². The predicted octanol–water partition coefficient (Wildman–Crippen LogP) is 3.60. The highest BCUT2D eigenvalue weighted by atomic mass is 16.7. The van der Waals surface area contributed by atoms with Crippen LogP contribution in [-0.2, 0) is 43.6 Å². The maximum atomic E-state index is 12.2. The second-order valence-corrected chi connectivity index (χ2v) is 8.77. The summed E-state index contributed by atoms with van der Waals surface area (Å²) in [5.41, 5.74) is 2.93. The average molecular weight is 492 g/mol. The van der Waals surface area contributed by atoms with Gasteiger partial charge in [-0.1, -0.05) is 91.0 Å². The van der Waals surface area contributed by atoms with Gasteiger partial charge in [-0.15, -0.1) is 0 Å². The van der Waals surface area contributed by atoms with E-state index in [1.54, 1.807) is 0 Å². The molecule has 0 aromatic heterocycles. The van der Waals surface area contributed by atoms with Gasteiger partial charge in [0.25, 0.3) is 0 Å². The second kappa shape index (κ2) is 13.3. The van der Waals surface area contributed by atoms with E-state index < -0.39 is 30.6 Å². The fourth-order valence-corrected chi connectivity index (χ4v) is 4.27. The number of rotatable bonds is 11. The van der Waals surface area contributed by atoms with Gasteiger partial charge >= 0.3 is 0 Å². The van der Waals surface area contributed by atoms with Crippen LogP contribution in [0.1, 0.15) is 23.6 Å². The van der Waals surface area contributed by atoms with Crippen molar-refractivity contribution in [1.29, 1.82) is 0 Å². The van der Waals surface area contributed by atoms with Crippen molar-refractivity contribution in [3.8, 4) is 0 Å². The summed E-state index contributed by atoms with van der Waals surface area (Å²) in [6.45, 7) is 2.04. The molecule has 1 aliphatic heterocycles. The average Bonchev–Trinajstić information content (AvgIpc) is 2.92. The monoisotopic (exact) mass is 491 g/mol. The summed E-state index contributed by atoms with van der Waals surface area (Å²) >= 11 is 0. The predicted molar refractivity (Wildman–Crippen MR) is 135 cm³/mol. The van der Waals surface area contributed by atoms with Crippen molar-refractivity contribution in [3.05, 3.63) is 108 Å². The van der Waals surface area contributed by atoms with Crippen molar-refractivity contribution in [2.45, 2.75) is 57.4 Å². The first-order valence-electron chi connectivity index (χ1n) is 12.1. The van der Waals surface area contributed by atoms with Crippen molar-refractivity contribution in [1.82, 2.24) is 5.32 Å². The number of ether oxygens (including phenoxy) is 4. The zero-order valence-electron chi connectivity index (χ0n) is 20.4. The third kappa shape index (κ3) is 7.22. The van der Waals surface area contributed by atoms with Gasteiger partial charge in [0.1, 0.15) is 24.4 Å². The highest BCUT2D eigenvalue weighted by molar-refractivity contribution is 5.73. The Bertz CT molecular complexity index is 1050. The molecule has 1 aliphatic rings. The lowest BCUT2D eigenvalue weighted by molar-refractivity contribution is -0.290. The lowest BCUT2D eigenvalue weighted by Gasteiger charge is -2.45. The van der Waals surface area contributed by atoms with Crippen LogP contribution in [-0.4, -0.2) is 48.3 Å². The third-order valence-corrected chi connectivity index (χ3v) is 6.02. The summed E-state index contributed by atoms with van der Waals surface area (Å²) < 4.78 is 25.0. The number of hydrogen-bond acceptors (Lipinski definition) is 6. The SMILES string of the molecule is CC(=O)N[C@H]1[C@@H](OCc2ccccc2)O[C@H](CO)[C@@H](OCc2ccccc2)[C@@H]1OCc1ccccc1. The molecule has 1 heterocycles. The number of carbonyl (C=O) groups is 1. The topological polar surface area (TPSA) is 86.3 Å². The van der Waals surface area contributed by atoms with Crippen LogP contribution in [0.2, 0.25) is 0 Å². The van der Waals surface area contributed by atoms with E-state index in [0.29, 0.717) is 13.2 Å². The maximum Gasteiger partial charge on any atom is 0.217 e. The van der Waals surface area contributed by atoms with Crippen molar-refractivity contribution < 1.29 is 28.8 Å². The molecule has 190 valence electrons. The van der Waals surface area contributed by atoms with Crippen LogP contribution in [0.25, 0.3) is 0 Å². The smallest absolute Gasteiger partial charge is 0.217 e. The minimum atomic E-state index is -0.844. The molecule has 5 atom stereocenters. The van der Waals surface area contributed by atoms with Gasteiger partial charge in [0.05, 0.1) is 26.4 Å². The molecule has 0 radical (unpaired) electrons. The minimum absolute atomic E-state index is 0.241. The fourth-order valence-electron chi connectivity index (χ4n) is 4.27. The summed E-state index contributed by atoms with van der Waals surface area (Å²) in [4.78, 5) is 12.2. The quantitative estimate of drug-likeness (QED) is 0.426. The molecule has 0 bridgehead atoms. The number of aliphatic hydroxyl groups is 1. The summed E-state index contributed by atoms with van der Waals surface area (Å²) in [6, 6.07) is 28.6. The van der Waals surface area contributed by atoms with Crippen LogP contribution in [0.4, 0.5) is 0 Å². The molecular weight excluding hydrogens is 458 g/mol. The Kier molecular flexibility index (Phi) is 9.61. The van der Waals surface area contributed by atoms with E-state index in [2.05, 4.69) is 5.32 Å². The first-order valence-corrected chi connectivity index (χ1v) is 12.1. The molecule has 1 saturated heterocycles. The molecule has 3 aromatic rings. The van der Waals surface area contributed by atoms with Gasteiger partial charge in [-0.3, -0.25) is 4.79 Å². The van der Waals surface area contributed by atoms with Gasteiger partial charge in [-0.05, 0) is 16.7 Å². The summed E-state index contributed by atoms with van der Waals surface area (Å²) in [5, 5.41) is 13.2. The summed E-state index contributed by atoms with van der Waals surface area (Å²) in [7, 11) is 0. The molecule has 4 rings (SSSR count). The van der Waals surface area contributed by atoms with Crippen LogP contribution < -0.4 is 5.32 Å². The first kappa shape index (κ1) is 26.0. The molecule has 0 aliphatic carbocycles. The lowest BCUT2D eigenvalue weighted by atomic mass is 9.96. The van der Waals surface area contributed by atoms with Gasteiger partial charge < -0.3 is 29.4 Å². The largest absolute Gasteiger partial charge is 0.394 e. The molecule has 2 N–H and O–H groups in total. The zero-order chi connectivity index (χ0) is 25.2. The molecule has 0 unspecified atom stereocenters. The number of carbonyl (C=O) groups excluding carboxylic acids is 1. The Morgan fingerprint density at radius 3 is 1.64 bits per heavy atom. The highest BCUT2D eigenvalue weighted by Crippen LogP contribution is 2.29. The van der Waals surface area contributed by atoms with E-state index in [1.807, 2.05) is 91.0 Å². The molecule has 36 heavy (non-hydrogen) atoms. The molecule has 1 fully saturated rings. The molecule has 3 aromatic carbocycles. The van der Waals surface area contributed by atoms with E-state index in [-0.39, 0.29) is 19.1 Å². The van der Waals surface area contributed by atoms with E-state index in [4.69, 9.17) is 18.9 Å². The van der Waals surface area contributed by atoms with Gasteiger partial charge in [0.15, 0.2) is 6.29 Å². The number of benzene rings is 3. The normalized spacial score (nSPS) is 23.8. The lowest BCUT2D eigenvalue weighted by Crippen LogP contribution is -2.65. The first-order chi connectivity index (χ1) is 17.6. The van der Waals surface area contributed by atoms with Crippen LogP contribution in [0.3, 0.4) is 0 Å². The molecule has 0 saturated carbocycles. The fraction of sp³-hybridized carbons (Fsp3) is 0.345. The Morgan fingerprint density at radius 2 is 1.19 bits per heavy atom. The molecule has 7 nitrogen and oxygen atoms in total. The number of nitrogens with one attached hydrogen (secondary N) is 1. The standard InChI is InChI=1S/C29H33NO6/c1-21(32)30-26-28(34-19-23-13-7-3-8-14-23)27(33-18-22-11-5-2-6-12-22)25(17-31)36-29(26)35-20-24-15-9-4-10-16-24/h2-16,25-29,31H,17-20H2,1H3,(H,30,32)/t25-,26-,27-,28-,29+/m1/s1. The molecule has 0 spiro atoms. The van der Waals surface area contributed by atoms with Gasteiger partial charge in [0, 0.05) is 6.92 Å². The summed E-state index contributed by atoms with van der Waals surface area (Å²) in [5.74, 6) is -0.241. The Morgan fingerprint density at radius 1 is 0.750 bits per heavy atom. The third-order valence-electron chi connectivity index (χ3n) is 6.02.